The third-order valence-corrected chi connectivity index (χ3v) is 7.49. The van der Waals surface area contributed by atoms with E-state index >= 15 is 0 Å². The van der Waals surface area contributed by atoms with E-state index in [1.165, 1.54) is 40.7 Å². The van der Waals surface area contributed by atoms with E-state index in [2.05, 4.69) is 71.1 Å². The predicted molar refractivity (Wildman–Crippen MR) is 126 cm³/mol. The van der Waals surface area contributed by atoms with Crippen LogP contribution in [0.4, 0.5) is 4.79 Å². The fourth-order valence-electron chi connectivity index (χ4n) is 4.66. The number of aryl methyl sites for hydroxylation is 2. The molecule has 4 rings (SSSR count). The molecule has 0 spiro atoms. The van der Waals surface area contributed by atoms with Gasteiger partial charge in [0.15, 0.2) is 0 Å². The van der Waals surface area contributed by atoms with Crippen molar-refractivity contribution in [1.82, 2.24) is 5.32 Å². The highest BCUT2D eigenvalue weighted by Gasteiger charge is 2.37. The van der Waals surface area contributed by atoms with Crippen LogP contribution in [0.2, 0.25) is 0 Å². The molecule has 1 fully saturated rings. The number of nitrogens with one attached hydrogen (secondary N) is 1. The van der Waals surface area contributed by atoms with Gasteiger partial charge < -0.3 is 0 Å². The quantitative estimate of drug-likeness (QED) is 0.555. The maximum absolute atomic E-state index is 11.8. The fraction of sp³-hybridized carbons (Fsp3) is 0.385. The van der Waals surface area contributed by atoms with Gasteiger partial charge in [0.2, 0.25) is 0 Å². The van der Waals surface area contributed by atoms with E-state index in [0.29, 0.717) is 4.91 Å². The molecule has 0 atom stereocenters. The number of imide groups is 1. The van der Waals surface area contributed by atoms with Gasteiger partial charge in [-0.05, 0) is 94.3 Å². The van der Waals surface area contributed by atoms with Crippen LogP contribution in [0.3, 0.4) is 0 Å². The first-order valence-electron chi connectivity index (χ1n) is 10.5. The number of thioether (sulfide) groups is 1. The molecule has 0 radical (unpaired) electrons. The van der Waals surface area contributed by atoms with Gasteiger partial charge in [-0.2, -0.15) is 0 Å². The average Bonchev–Trinajstić information content (AvgIpc) is 2.96. The smallest absolute Gasteiger partial charge is 0.282 e. The van der Waals surface area contributed by atoms with Gasteiger partial charge in [0.25, 0.3) is 11.1 Å². The number of fused-ring (bicyclic) bond motifs is 1. The molecule has 0 unspecified atom stereocenters. The summed E-state index contributed by atoms with van der Waals surface area (Å²) in [6.07, 6.45) is 4.19. The molecule has 0 bridgehead atoms. The third-order valence-electron chi connectivity index (χ3n) is 6.68. The number of benzene rings is 2. The second kappa shape index (κ2) is 7.12. The summed E-state index contributed by atoms with van der Waals surface area (Å²) < 4.78 is 0. The van der Waals surface area contributed by atoms with Crippen molar-refractivity contribution in [1.29, 1.82) is 0 Å². The molecule has 1 saturated heterocycles. The van der Waals surface area contributed by atoms with E-state index in [1.807, 2.05) is 6.07 Å². The van der Waals surface area contributed by atoms with Crippen molar-refractivity contribution >= 4 is 29.0 Å². The van der Waals surface area contributed by atoms with Crippen molar-refractivity contribution in [3.8, 4) is 11.1 Å². The topological polar surface area (TPSA) is 46.2 Å². The molecule has 1 N–H and O–H groups in total. The van der Waals surface area contributed by atoms with Gasteiger partial charge >= 0.3 is 0 Å². The monoisotopic (exact) mass is 419 g/mol. The van der Waals surface area contributed by atoms with Gasteiger partial charge in [0.05, 0.1) is 4.91 Å². The van der Waals surface area contributed by atoms with E-state index in [-0.39, 0.29) is 22.0 Å². The zero-order valence-corrected chi connectivity index (χ0v) is 19.4. The van der Waals surface area contributed by atoms with Crippen LogP contribution in [0.25, 0.3) is 17.2 Å². The Balaban J connectivity index is 1.77. The second-order valence-corrected chi connectivity index (χ2v) is 10.9. The highest BCUT2D eigenvalue weighted by molar-refractivity contribution is 8.18. The van der Waals surface area contributed by atoms with Crippen LogP contribution in [0.1, 0.15) is 68.4 Å². The van der Waals surface area contributed by atoms with Gasteiger partial charge in [-0.15, -0.1) is 0 Å². The summed E-state index contributed by atoms with van der Waals surface area (Å²) in [5, 5.41) is 2.00. The molecule has 0 saturated carbocycles. The highest BCUT2D eigenvalue weighted by Crippen LogP contribution is 2.47. The standard InChI is InChI=1S/C26H29NO2S/c1-15-11-17(13-22-23(28)27-24(29)30-22)7-8-18(15)19-14-21-20(12-16(19)2)25(3,4)9-10-26(21,5)6/h7-8,11-14H,9-10H2,1-6H3,(H,27,28,29)/b22-13-. The first kappa shape index (κ1) is 20.9. The average molecular weight is 420 g/mol. The van der Waals surface area contributed by atoms with Crippen molar-refractivity contribution in [3.63, 3.8) is 0 Å². The molecule has 1 aliphatic heterocycles. The number of hydrogen-bond donors (Lipinski definition) is 1. The van der Waals surface area contributed by atoms with Crippen molar-refractivity contribution in [2.45, 2.75) is 65.2 Å². The number of amides is 2. The lowest BCUT2D eigenvalue weighted by atomic mass is 9.62. The Morgan fingerprint density at radius 2 is 1.47 bits per heavy atom. The number of rotatable bonds is 2. The lowest BCUT2D eigenvalue weighted by Crippen LogP contribution is -2.34. The molecular formula is C26H29NO2S. The highest BCUT2D eigenvalue weighted by atomic mass is 32.2. The number of carbonyl (C=O) groups excluding carboxylic acids is 2. The molecule has 1 heterocycles. The zero-order chi connectivity index (χ0) is 21.8. The summed E-state index contributed by atoms with van der Waals surface area (Å²) in [6.45, 7) is 13.7. The molecule has 0 aromatic heterocycles. The van der Waals surface area contributed by atoms with Crippen LogP contribution >= 0.6 is 11.8 Å². The van der Waals surface area contributed by atoms with Gasteiger partial charge in [-0.3, -0.25) is 14.9 Å². The Morgan fingerprint density at radius 3 is 2.03 bits per heavy atom. The Bertz CT molecular complexity index is 1110. The lowest BCUT2D eigenvalue weighted by Gasteiger charge is -2.42. The van der Waals surface area contributed by atoms with Crippen LogP contribution < -0.4 is 5.32 Å². The lowest BCUT2D eigenvalue weighted by molar-refractivity contribution is -0.115. The summed E-state index contributed by atoms with van der Waals surface area (Å²) in [5.74, 6) is -0.317. The van der Waals surface area contributed by atoms with Crippen LogP contribution in [0.5, 0.6) is 0 Å². The Labute approximate surface area is 183 Å². The van der Waals surface area contributed by atoms with Crippen molar-refractivity contribution in [2.24, 2.45) is 0 Å². The minimum atomic E-state index is -0.317. The summed E-state index contributed by atoms with van der Waals surface area (Å²) in [7, 11) is 0. The number of carbonyl (C=O) groups is 2. The molecule has 1 aliphatic carbocycles. The SMILES string of the molecule is Cc1cc(/C=C2\SC(=O)NC2=O)ccc1-c1cc2c(cc1C)C(C)(C)CCC2(C)C. The van der Waals surface area contributed by atoms with Crippen molar-refractivity contribution in [2.75, 3.05) is 0 Å². The summed E-state index contributed by atoms with van der Waals surface area (Å²) in [6, 6.07) is 11.1. The largest absolute Gasteiger partial charge is 0.290 e. The minimum absolute atomic E-state index is 0.172. The van der Waals surface area contributed by atoms with Crippen molar-refractivity contribution in [3.05, 3.63) is 63.1 Å². The zero-order valence-electron chi connectivity index (χ0n) is 18.6. The maximum atomic E-state index is 11.8. The van der Waals surface area contributed by atoms with E-state index in [0.717, 1.165) is 22.9 Å². The van der Waals surface area contributed by atoms with E-state index < -0.39 is 0 Å². The summed E-state index contributed by atoms with van der Waals surface area (Å²) in [4.78, 5) is 23.7. The van der Waals surface area contributed by atoms with Crippen LogP contribution in [-0.4, -0.2) is 11.1 Å². The molecule has 4 heteroatoms. The maximum Gasteiger partial charge on any atom is 0.290 e. The molecule has 2 aliphatic rings. The first-order valence-corrected chi connectivity index (χ1v) is 11.3. The second-order valence-electron chi connectivity index (χ2n) is 9.91. The van der Waals surface area contributed by atoms with Crippen LogP contribution in [-0.2, 0) is 15.6 Å². The summed E-state index contributed by atoms with van der Waals surface area (Å²) in [5.41, 5.74) is 9.20. The number of hydrogen-bond acceptors (Lipinski definition) is 3. The normalized spacial score (nSPS) is 20.9. The van der Waals surface area contributed by atoms with Gasteiger partial charge in [-0.1, -0.05) is 58.0 Å². The van der Waals surface area contributed by atoms with E-state index in [9.17, 15) is 9.59 Å². The fourth-order valence-corrected chi connectivity index (χ4v) is 5.35. The molecule has 2 aromatic carbocycles. The molecular weight excluding hydrogens is 390 g/mol. The Kier molecular flexibility index (Phi) is 4.97. The summed E-state index contributed by atoms with van der Waals surface area (Å²) >= 11 is 0.954. The van der Waals surface area contributed by atoms with E-state index in [1.54, 1.807) is 6.08 Å². The van der Waals surface area contributed by atoms with Crippen molar-refractivity contribution < 1.29 is 9.59 Å². The van der Waals surface area contributed by atoms with Gasteiger partial charge in [-0.25, -0.2) is 0 Å². The Hall–Kier alpha value is -2.33. The molecule has 2 aromatic rings. The Morgan fingerprint density at radius 1 is 0.867 bits per heavy atom. The third kappa shape index (κ3) is 3.62. The molecule has 30 heavy (non-hydrogen) atoms. The van der Waals surface area contributed by atoms with Gasteiger partial charge in [0, 0.05) is 0 Å². The van der Waals surface area contributed by atoms with Crippen LogP contribution in [0.15, 0.2) is 35.2 Å². The molecule has 3 nitrogen and oxygen atoms in total. The van der Waals surface area contributed by atoms with E-state index in [4.69, 9.17) is 0 Å². The molecule has 156 valence electrons. The van der Waals surface area contributed by atoms with Crippen LogP contribution in [0, 0.1) is 13.8 Å². The molecule has 2 amide bonds. The minimum Gasteiger partial charge on any atom is -0.282 e. The first-order chi connectivity index (χ1) is 14.0. The predicted octanol–water partition coefficient (Wildman–Crippen LogP) is 6.64. The van der Waals surface area contributed by atoms with Gasteiger partial charge in [0.1, 0.15) is 0 Å².